The topological polar surface area (TPSA) is 3.24 Å². The molecule has 1 saturated carbocycles. The third-order valence-corrected chi connectivity index (χ3v) is 15.6. The molecule has 27 heavy (non-hydrogen) atoms. The van der Waals surface area contributed by atoms with Crippen LogP contribution < -0.4 is 10.6 Å². The molecule has 1 saturated heterocycles. The normalized spacial score (nSPS) is 30.7. The number of nitrogens with zero attached hydrogens (tertiary/aromatic N) is 1. The molecule has 1 heterocycles. The Bertz CT molecular complexity index is 784. The van der Waals surface area contributed by atoms with Gasteiger partial charge in [0.2, 0.25) is 0 Å². The summed E-state index contributed by atoms with van der Waals surface area (Å²) in [6, 6.07) is 19.4. The van der Waals surface area contributed by atoms with E-state index >= 15 is 0 Å². The zero-order valence-corrected chi connectivity index (χ0v) is 19.3. The van der Waals surface area contributed by atoms with E-state index in [1.54, 1.807) is 0 Å². The van der Waals surface area contributed by atoms with E-state index in [1.165, 1.54) is 42.7 Å². The van der Waals surface area contributed by atoms with Crippen LogP contribution in [-0.2, 0) is 23.6 Å². The number of hydrogen-bond donors (Lipinski definition) is 0. The molecule has 2 aromatic carbocycles. The lowest BCUT2D eigenvalue weighted by Crippen LogP contribution is -2.38. The average molecular weight is 434 g/mol. The van der Waals surface area contributed by atoms with Gasteiger partial charge in [0.25, 0.3) is 0 Å². The van der Waals surface area contributed by atoms with Crippen LogP contribution in [0.1, 0.15) is 32.1 Å². The fourth-order valence-electron chi connectivity index (χ4n) is 4.59. The van der Waals surface area contributed by atoms with E-state index < -0.39 is 12.1 Å². The van der Waals surface area contributed by atoms with Gasteiger partial charge in [-0.2, -0.15) is 0 Å². The van der Waals surface area contributed by atoms with Crippen molar-refractivity contribution in [2.75, 3.05) is 24.9 Å². The molecule has 2 aromatic rings. The standard InChI is InChI=1S/C22H29NP2S2/c26-24(21-12-6-2-7-13-21)16-17-25(27,22-14-8-3-9-15-22)19-23(18-24)20-10-4-1-5-11-20/h2-3,6-9,12-15,20H,1,4-5,10-11,16-19H2. The van der Waals surface area contributed by atoms with Gasteiger partial charge in [0.15, 0.2) is 0 Å². The van der Waals surface area contributed by atoms with E-state index in [0.717, 1.165) is 24.9 Å². The zero-order valence-electron chi connectivity index (χ0n) is 15.9. The van der Waals surface area contributed by atoms with Crippen LogP contribution in [0.5, 0.6) is 0 Å². The van der Waals surface area contributed by atoms with Crippen LogP contribution in [-0.4, -0.2) is 35.8 Å². The predicted molar refractivity (Wildman–Crippen MR) is 129 cm³/mol. The Hall–Kier alpha value is -0.300. The summed E-state index contributed by atoms with van der Waals surface area (Å²) in [4.78, 5) is 2.77. The fourth-order valence-corrected chi connectivity index (χ4v) is 14.8. The zero-order chi connectivity index (χ0) is 18.7. The maximum atomic E-state index is 6.45. The van der Waals surface area contributed by atoms with Crippen molar-refractivity contribution in [3.05, 3.63) is 60.7 Å². The average Bonchev–Trinajstić information content (AvgIpc) is 2.88. The first-order chi connectivity index (χ1) is 13.1. The second-order valence-corrected chi connectivity index (χ2v) is 18.3. The van der Waals surface area contributed by atoms with Crippen molar-refractivity contribution in [3.63, 3.8) is 0 Å². The minimum atomic E-state index is -1.61. The first kappa shape index (κ1) is 20.0. The maximum absolute atomic E-state index is 6.45. The van der Waals surface area contributed by atoms with Crippen LogP contribution in [0.15, 0.2) is 60.7 Å². The van der Waals surface area contributed by atoms with Crippen molar-refractivity contribution in [1.82, 2.24) is 4.90 Å². The van der Waals surface area contributed by atoms with E-state index in [1.807, 2.05) is 0 Å². The van der Waals surface area contributed by atoms with Crippen LogP contribution in [0.25, 0.3) is 0 Å². The Morgan fingerprint density at radius 2 is 1.11 bits per heavy atom. The summed E-state index contributed by atoms with van der Waals surface area (Å²) in [5, 5.41) is 2.83. The van der Waals surface area contributed by atoms with Gasteiger partial charge in [-0.1, -0.05) is 104 Å². The van der Waals surface area contributed by atoms with Gasteiger partial charge in [-0.05, 0) is 47.9 Å². The van der Waals surface area contributed by atoms with E-state index in [0.29, 0.717) is 6.04 Å². The summed E-state index contributed by atoms with van der Waals surface area (Å²) in [5.74, 6) is 0. The SMILES string of the molecule is S=P1(c2ccccc2)CCP(=S)(c2ccccc2)CN(C2CCCCC2)C1. The highest BCUT2D eigenvalue weighted by Gasteiger charge is 2.36. The second-order valence-electron chi connectivity index (χ2n) is 8.06. The van der Waals surface area contributed by atoms with Crippen LogP contribution >= 0.6 is 12.1 Å². The van der Waals surface area contributed by atoms with Gasteiger partial charge in [0, 0.05) is 18.6 Å². The molecule has 1 aliphatic carbocycles. The van der Waals surface area contributed by atoms with Crippen molar-refractivity contribution in [1.29, 1.82) is 0 Å². The van der Waals surface area contributed by atoms with Crippen molar-refractivity contribution < 1.29 is 0 Å². The Labute approximate surface area is 174 Å². The molecule has 5 heteroatoms. The van der Waals surface area contributed by atoms with E-state index in [2.05, 4.69) is 65.6 Å². The van der Waals surface area contributed by atoms with Crippen LogP contribution in [0.2, 0.25) is 0 Å². The molecular weight excluding hydrogens is 404 g/mol. The van der Waals surface area contributed by atoms with Crippen molar-refractivity contribution in [3.8, 4) is 0 Å². The molecule has 2 atom stereocenters. The summed E-state index contributed by atoms with van der Waals surface area (Å²) in [7, 11) is 0. The summed E-state index contributed by atoms with van der Waals surface area (Å²) >= 11 is 12.9. The summed E-state index contributed by atoms with van der Waals surface area (Å²) in [6.07, 6.45) is 11.2. The Kier molecular flexibility index (Phi) is 6.37. The largest absolute Gasteiger partial charge is 0.290 e. The molecule has 0 bridgehead atoms. The third-order valence-electron chi connectivity index (χ3n) is 6.19. The van der Waals surface area contributed by atoms with E-state index in [-0.39, 0.29) is 0 Å². The first-order valence-electron chi connectivity index (χ1n) is 10.1. The van der Waals surface area contributed by atoms with Crippen LogP contribution in [0.4, 0.5) is 0 Å². The first-order valence-corrected chi connectivity index (χ1v) is 16.5. The van der Waals surface area contributed by atoms with Gasteiger partial charge in [-0.25, -0.2) is 0 Å². The van der Waals surface area contributed by atoms with Gasteiger partial charge in [-0.15, -0.1) is 0 Å². The Balaban J connectivity index is 1.71. The molecule has 0 radical (unpaired) electrons. The third kappa shape index (κ3) is 4.49. The quantitative estimate of drug-likeness (QED) is 0.616. The minimum Gasteiger partial charge on any atom is -0.290 e. The van der Waals surface area contributed by atoms with Crippen molar-refractivity contribution in [2.45, 2.75) is 38.1 Å². The molecule has 144 valence electrons. The summed E-state index contributed by atoms with van der Waals surface area (Å²) < 4.78 is 0. The predicted octanol–water partition coefficient (Wildman–Crippen LogP) is 5.16. The molecule has 1 aliphatic heterocycles. The molecule has 2 fully saturated rings. The summed E-state index contributed by atoms with van der Waals surface area (Å²) in [5.41, 5.74) is 0. The smallest absolute Gasteiger partial charge is 0.0320 e. The van der Waals surface area contributed by atoms with Gasteiger partial charge in [0.1, 0.15) is 0 Å². The monoisotopic (exact) mass is 433 g/mol. The van der Waals surface area contributed by atoms with Gasteiger partial charge < -0.3 is 0 Å². The van der Waals surface area contributed by atoms with Crippen molar-refractivity contribution in [2.24, 2.45) is 0 Å². The fraction of sp³-hybridized carbons (Fsp3) is 0.455. The molecule has 0 amide bonds. The molecule has 2 aliphatic rings. The second kappa shape index (κ2) is 8.60. The van der Waals surface area contributed by atoms with Gasteiger partial charge in [-0.3, -0.25) is 4.90 Å². The minimum absolute atomic E-state index is 0.689. The Morgan fingerprint density at radius 3 is 1.56 bits per heavy atom. The number of rotatable bonds is 3. The Morgan fingerprint density at radius 1 is 0.667 bits per heavy atom. The lowest BCUT2D eigenvalue weighted by Gasteiger charge is -2.38. The van der Waals surface area contributed by atoms with Crippen LogP contribution in [0, 0.1) is 0 Å². The molecule has 0 N–H and O–H groups in total. The van der Waals surface area contributed by atoms with Crippen LogP contribution in [0.3, 0.4) is 0 Å². The highest BCUT2D eigenvalue weighted by Crippen LogP contribution is 2.57. The highest BCUT2D eigenvalue weighted by atomic mass is 32.4. The van der Waals surface area contributed by atoms with E-state index in [4.69, 9.17) is 23.6 Å². The maximum Gasteiger partial charge on any atom is 0.0320 e. The molecule has 0 spiro atoms. The number of benzene rings is 2. The lowest BCUT2D eigenvalue weighted by atomic mass is 9.95. The van der Waals surface area contributed by atoms with Crippen molar-refractivity contribution >= 4 is 46.3 Å². The summed E-state index contributed by atoms with van der Waals surface area (Å²) in [6.45, 7) is 0. The van der Waals surface area contributed by atoms with E-state index in [9.17, 15) is 0 Å². The highest BCUT2D eigenvalue weighted by molar-refractivity contribution is 8.20. The lowest BCUT2D eigenvalue weighted by molar-refractivity contribution is 0.210. The molecular formula is C22H29NP2S2. The molecule has 0 aromatic heterocycles. The molecule has 1 nitrogen and oxygen atoms in total. The molecule has 2 unspecified atom stereocenters. The van der Waals surface area contributed by atoms with Gasteiger partial charge >= 0.3 is 0 Å². The molecule has 4 rings (SSSR count). The number of hydrogen-bond acceptors (Lipinski definition) is 3. The van der Waals surface area contributed by atoms with Gasteiger partial charge in [0.05, 0.1) is 0 Å².